The second-order valence-electron chi connectivity index (χ2n) is 5.18. The summed E-state index contributed by atoms with van der Waals surface area (Å²) in [4.78, 5) is 14.5. The second-order valence-corrected chi connectivity index (χ2v) is 5.18. The van der Waals surface area contributed by atoms with Crippen molar-refractivity contribution in [3.63, 3.8) is 0 Å². The van der Waals surface area contributed by atoms with Crippen molar-refractivity contribution >= 4 is 11.6 Å². The molecule has 1 aliphatic rings. The Hall–Kier alpha value is -1.35. The summed E-state index contributed by atoms with van der Waals surface area (Å²) in [7, 11) is 2.11. The fourth-order valence-electron chi connectivity index (χ4n) is 2.14. The highest BCUT2D eigenvalue weighted by Crippen LogP contribution is 2.31. The van der Waals surface area contributed by atoms with Gasteiger partial charge in [-0.2, -0.15) is 0 Å². The molecule has 1 amide bonds. The number of hydrogen-bond donors (Lipinski definition) is 1. The van der Waals surface area contributed by atoms with Crippen molar-refractivity contribution < 1.29 is 4.79 Å². The first-order valence-electron chi connectivity index (χ1n) is 6.15. The van der Waals surface area contributed by atoms with E-state index in [1.807, 2.05) is 30.3 Å². The van der Waals surface area contributed by atoms with E-state index in [0.717, 1.165) is 31.6 Å². The number of carbonyl (C=O) groups excluding carboxylic acids is 1. The first-order chi connectivity index (χ1) is 8.10. The maximum Gasteiger partial charge on any atom is 0.230 e. The van der Waals surface area contributed by atoms with Crippen molar-refractivity contribution in [1.29, 1.82) is 0 Å². The average molecular weight is 232 g/mol. The quantitative estimate of drug-likeness (QED) is 0.849. The van der Waals surface area contributed by atoms with Crippen molar-refractivity contribution in [3.05, 3.63) is 30.3 Å². The fraction of sp³-hybridized carbons (Fsp3) is 0.500. The van der Waals surface area contributed by atoms with Gasteiger partial charge in [-0.25, -0.2) is 0 Å². The number of nitrogens with zero attached hydrogens (tertiary/aromatic N) is 1. The molecule has 1 aromatic rings. The number of hydrogen-bond acceptors (Lipinski definition) is 2. The molecule has 0 aliphatic carbocycles. The fourth-order valence-corrected chi connectivity index (χ4v) is 2.14. The standard InChI is InChI=1S/C14H20N2O/c1-14(8-10-16(2)11-9-14)13(17)15-12-6-4-3-5-7-12/h3-7H,8-11H2,1-2H3,(H,15,17). The molecule has 0 unspecified atom stereocenters. The normalized spacial score (nSPS) is 19.9. The summed E-state index contributed by atoms with van der Waals surface area (Å²) in [6.45, 7) is 4.07. The van der Waals surface area contributed by atoms with Gasteiger partial charge in [0.2, 0.25) is 5.91 Å². The molecule has 1 fully saturated rings. The predicted octanol–water partition coefficient (Wildman–Crippen LogP) is 2.36. The van der Waals surface area contributed by atoms with Gasteiger partial charge in [-0.05, 0) is 45.1 Å². The Bertz CT molecular complexity index is 380. The van der Waals surface area contributed by atoms with E-state index in [0.29, 0.717) is 0 Å². The second kappa shape index (κ2) is 4.88. The van der Waals surface area contributed by atoms with Crippen LogP contribution in [0.5, 0.6) is 0 Å². The van der Waals surface area contributed by atoms with Crippen LogP contribution in [-0.4, -0.2) is 30.9 Å². The van der Waals surface area contributed by atoms with E-state index in [1.165, 1.54) is 0 Å². The number of amides is 1. The van der Waals surface area contributed by atoms with Gasteiger partial charge in [0.1, 0.15) is 0 Å². The Labute approximate surface area is 103 Å². The van der Waals surface area contributed by atoms with Crippen LogP contribution in [0.15, 0.2) is 30.3 Å². The molecular formula is C14H20N2O. The molecule has 0 bridgehead atoms. The molecule has 1 N–H and O–H groups in total. The van der Waals surface area contributed by atoms with Crippen molar-refractivity contribution in [3.8, 4) is 0 Å². The lowest BCUT2D eigenvalue weighted by Crippen LogP contribution is -2.43. The van der Waals surface area contributed by atoms with Gasteiger partial charge in [-0.1, -0.05) is 25.1 Å². The highest BCUT2D eigenvalue weighted by Gasteiger charge is 2.35. The number of rotatable bonds is 2. The third-order valence-electron chi connectivity index (χ3n) is 3.67. The van der Waals surface area contributed by atoms with Crippen LogP contribution in [0.4, 0.5) is 5.69 Å². The highest BCUT2D eigenvalue weighted by atomic mass is 16.2. The van der Waals surface area contributed by atoms with Gasteiger partial charge in [0.05, 0.1) is 0 Å². The molecule has 3 heteroatoms. The summed E-state index contributed by atoms with van der Waals surface area (Å²) in [5.74, 6) is 0.150. The first kappa shape index (κ1) is 12.1. The zero-order chi connectivity index (χ0) is 12.3. The molecular weight excluding hydrogens is 212 g/mol. The number of benzene rings is 1. The molecule has 0 saturated carbocycles. The van der Waals surface area contributed by atoms with Crippen LogP contribution in [0.25, 0.3) is 0 Å². The molecule has 1 saturated heterocycles. The van der Waals surface area contributed by atoms with Crippen molar-refractivity contribution in [2.24, 2.45) is 5.41 Å². The summed E-state index contributed by atoms with van der Waals surface area (Å²) < 4.78 is 0. The third kappa shape index (κ3) is 2.86. The molecule has 92 valence electrons. The van der Waals surface area contributed by atoms with Crippen LogP contribution < -0.4 is 5.32 Å². The van der Waals surface area contributed by atoms with Crippen LogP contribution in [0, 0.1) is 5.41 Å². The van der Waals surface area contributed by atoms with E-state index in [1.54, 1.807) is 0 Å². The Balaban J connectivity index is 2.00. The Kier molecular flexibility index (Phi) is 3.48. The maximum absolute atomic E-state index is 12.3. The Morgan fingerprint density at radius 2 is 1.82 bits per heavy atom. The van der Waals surface area contributed by atoms with Gasteiger partial charge < -0.3 is 10.2 Å². The van der Waals surface area contributed by atoms with E-state index >= 15 is 0 Å². The van der Waals surface area contributed by atoms with E-state index in [-0.39, 0.29) is 11.3 Å². The molecule has 2 rings (SSSR count). The number of likely N-dealkylation sites (tertiary alicyclic amines) is 1. The van der Waals surface area contributed by atoms with E-state index in [2.05, 4.69) is 24.2 Å². The van der Waals surface area contributed by atoms with E-state index in [9.17, 15) is 4.79 Å². The summed E-state index contributed by atoms with van der Waals surface area (Å²) in [5.41, 5.74) is 0.667. The summed E-state index contributed by atoms with van der Waals surface area (Å²) in [6, 6.07) is 9.68. The molecule has 17 heavy (non-hydrogen) atoms. The minimum absolute atomic E-state index is 0.150. The predicted molar refractivity (Wildman–Crippen MR) is 69.9 cm³/mol. The first-order valence-corrected chi connectivity index (χ1v) is 6.15. The smallest absolute Gasteiger partial charge is 0.230 e. The lowest BCUT2D eigenvalue weighted by Gasteiger charge is -2.36. The van der Waals surface area contributed by atoms with Crippen molar-refractivity contribution in [1.82, 2.24) is 4.90 Å². The van der Waals surface area contributed by atoms with Gasteiger partial charge >= 0.3 is 0 Å². The number of piperidine rings is 1. The summed E-state index contributed by atoms with van der Waals surface area (Å²) in [5, 5.41) is 3.01. The van der Waals surface area contributed by atoms with Crippen molar-refractivity contribution in [2.75, 3.05) is 25.5 Å². The van der Waals surface area contributed by atoms with Gasteiger partial charge in [-0.3, -0.25) is 4.79 Å². The molecule has 1 aliphatic heterocycles. The Morgan fingerprint density at radius 1 is 1.24 bits per heavy atom. The van der Waals surface area contributed by atoms with Gasteiger partial charge in [0, 0.05) is 11.1 Å². The molecule has 0 radical (unpaired) electrons. The zero-order valence-corrected chi connectivity index (χ0v) is 10.6. The average Bonchev–Trinajstić information content (AvgIpc) is 2.34. The zero-order valence-electron chi connectivity index (χ0n) is 10.6. The molecule has 1 aromatic carbocycles. The Morgan fingerprint density at radius 3 is 2.41 bits per heavy atom. The summed E-state index contributed by atoms with van der Waals surface area (Å²) >= 11 is 0. The van der Waals surface area contributed by atoms with Gasteiger partial charge in [0.15, 0.2) is 0 Å². The SMILES string of the molecule is CN1CCC(C)(C(=O)Nc2ccccc2)CC1. The third-order valence-corrected chi connectivity index (χ3v) is 3.67. The maximum atomic E-state index is 12.3. The minimum Gasteiger partial charge on any atom is -0.326 e. The topological polar surface area (TPSA) is 32.3 Å². The molecule has 0 spiro atoms. The van der Waals surface area contributed by atoms with Crippen LogP contribution in [0.2, 0.25) is 0 Å². The molecule has 3 nitrogen and oxygen atoms in total. The van der Waals surface area contributed by atoms with Gasteiger partial charge in [0.25, 0.3) is 0 Å². The number of anilines is 1. The van der Waals surface area contributed by atoms with Gasteiger partial charge in [-0.15, -0.1) is 0 Å². The minimum atomic E-state index is -0.220. The lowest BCUT2D eigenvalue weighted by atomic mass is 9.79. The summed E-state index contributed by atoms with van der Waals surface area (Å²) in [6.07, 6.45) is 1.87. The lowest BCUT2D eigenvalue weighted by molar-refractivity contribution is -0.127. The van der Waals surface area contributed by atoms with Crippen molar-refractivity contribution in [2.45, 2.75) is 19.8 Å². The van der Waals surface area contributed by atoms with Crippen LogP contribution in [0.1, 0.15) is 19.8 Å². The number of para-hydroxylation sites is 1. The number of carbonyl (C=O) groups is 1. The molecule has 0 aromatic heterocycles. The largest absolute Gasteiger partial charge is 0.326 e. The molecule has 0 atom stereocenters. The van der Waals surface area contributed by atoms with Crippen LogP contribution in [-0.2, 0) is 4.79 Å². The van der Waals surface area contributed by atoms with Crippen LogP contribution in [0.3, 0.4) is 0 Å². The van der Waals surface area contributed by atoms with Crippen LogP contribution >= 0.6 is 0 Å². The highest BCUT2D eigenvalue weighted by molar-refractivity contribution is 5.95. The monoisotopic (exact) mass is 232 g/mol. The van der Waals surface area contributed by atoms with E-state index < -0.39 is 0 Å². The number of nitrogens with one attached hydrogen (secondary N) is 1. The molecule has 1 heterocycles. The van der Waals surface area contributed by atoms with E-state index in [4.69, 9.17) is 0 Å².